The zero-order valence-electron chi connectivity index (χ0n) is 17.0. The number of hydrogen-bond donors (Lipinski definition) is 1. The summed E-state index contributed by atoms with van der Waals surface area (Å²) in [4.78, 5) is 15.1. The summed E-state index contributed by atoms with van der Waals surface area (Å²) < 4.78 is 21.9. The highest BCUT2D eigenvalue weighted by atomic mass is 19.1. The molecule has 8 nitrogen and oxygen atoms in total. The van der Waals surface area contributed by atoms with E-state index < -0.39 is 5.82 Å². The van der Waals surface area contributed by atoms with Crippen LogP contribution in [0, 0.1) is 5.82 Å². The van der Waals surface area contributed by atoms with Crippen molar-refractivity contribution in [2.45, 2.75) is 0 Å². The molecular weight excluding hydrogens is 397 g/mol. The number of fused-ring (bicyclic) bond motifs is 1. The summed E-state index contributed by atoms with van der Waals surface area (Å²) in [6.07, 6.45) is 4.58. The number of aromatic nitrogens is 4. The fraction of sp³-hybridized carbons (Fsp3) is 0.227. The third kappa shape index (κ3) is 3.75. The van der Waals surface area contributed by atoms with Gasteiger partial charge in [0.05, 0.1) is 30.9 Å². The molecule has 0 saturated carbocycles. The Morgan fingerprint density at radius 1 is 1.06 bits per heavy atom. The van der Waals surface area contributed by atoms with Gasteiger partial charge in [-0.25, -0.2) is 24.7 Å². The highest BCUT2D eigenvalue weighted by molar-refractivity contribution is 5.69. The van der Waals surface area contributed by atoms with Crippen LogP contribution >= 0.6 is 0 Å². The van der Waals surface area contributed by atoms with E-state index in [2.05, 4.69) is 30.5 Å². The Morgan fingerprint density at radius 2 is 1.94 bits per heavy atom. The number of hydrogen-bond acceptors (Lipinski definition) is 6. The minimum absolute atomic E-state index is 0.170. The second kappa shape index (κ2) is 8.19. The molecule has 157 valence electrons. The molecule has 4 heterocycles. The lowest BCUT2D eigenvalue weighted by Gasteiger charge is -2.29. The maximum absolute atomic E-state index is 14.6. The first-order valence-electron chi connectivity index (χ1n) is 10.0. The average Bonchev–Trinajstić information content (AvgIpc) is 3.25. The van der Waals surface area contributed by atoms with Crippen molar-refractivity contribution in [1.29, 1.82) is 0 Å². The van der Waals surface area contributed by atoms with Crippen LogP contribution in [0.15, 0.2) is 55.0 Å². The van der Waals surface area contributed by atoms with Crippen molar-refractivity contribution < 1.29 is 9.13 Å². The van der Waals surface area contributed by atoms with Gasteiger partial charge in [0.25, 0.3) is 0 Å². The van der Waals surface area contributed by atoms with Gasteiger partial charge in [0.2, 0.25) is 5.95 Å². The van der Waals surface area contributed by atoms with Crippen LogP contribution in [-0.2, 0) is 0 Å². The van der Waals surface area contributed by atoms with Crippen LogP contribution in [0.25, 0.3) is 17.0 Å². The lowest BCUT2D eigenvalue weighted by molar-refractivity contribution is 0.416. The molecule has 31 heavy (non-hydrogen) atoms. The smallest absolute Gasteiger partial charge is 0.228 e. The van der Waals surface area contributed by atoms with Gasteiger partial charge >= 0.3 is 0 Å². The fourth-order valence-corrected chi connectivity index (χ4v) is 3.68. The van der Waals surface area contributed by atoms with Gasteiger partial charge in [-0.3, -0.25) is 4.40 Å². The molecule has 3 aromatic heterocycles. The van der Waals surface area contributed by atoms with E-state index in [4.69, 9.17) is 4.74 Å². The zero-order valence-corrected chi connectivity index (χ0v) is 17.0. The number of nitrogens with one attached hydrogen (secondary N) is 1. The SMILES string of the molecule is COc1cc(N2CC[N]CC2)ccc1Nc1ncc(F)c(-c2cnc3ccccn23)n1. The Hall–Kier alpha value is -3.72. The van der Waals surface area contributed by atoms with Gasteiger partial charge in [0.1, 0.15) is 17.1 Å². The Kier molecular flexibility index (Phi) is 5.09. The van der Waals surface area contributed by atoms with E-state index in [1.807, 2.05) is 42.6 Å². The Bertz CT molecular complexity index is 1220. The van der Waals surface area contributed by atoms with Gasteiger partial charge in [-0.15, -0.1) is 0 Å². The largest absolute Gasteiger partial charge is 0.494 e. The number of benzene rings is 1. The maximum atomic E-state index is 14.6. The molecule has 1 N–H and O–H groups in total. The van der Waals surface area contributed by atoms with Crippen LogP contribution in [0.1, 0.15) is 0 Å². The lowest BCUT2D eigenvalue weighted by atomic mass is 10.2. The van der Waals surface area contributed by atoms with Crippen molar-refractivity contribution in [3.8, 4) is 17.1 Å². The minimum Gasteiger partial charge on any atom is -0.494 e. The van der Waals surface area contributed by atoms with Crippen LogP contribution in [-0.4, -0.2) is 52.6 Å². The molecule has 0 bridgehead atoms. The van der Waals surface area contributed by atoms with Crippen LogP contribution in [0.4, 0.5) is 21.7 Å². The van der Waals surface area contributed by atoms with E-state index in [0.29, 0.717) is 22.8 Å². The van der Waals surface area contributed by atoms with E-state index in [-0.39, 0.29) is 11.6 Å². The second-order valence-electron chi connectivity index (χ2n) is 7.13. The van der Waals surface area contributed by atoms with Crippen molar-refractivity contribution in [3.63, 3.8) is 0 Å². The zero-order chi connectivity index (χ0) is 21.2. The van der Waals surface area contributed by atoms with Crippen molar-refractivity contribution in [2.24, 2.45) is 0 Å². The molecule has 0 atom stereocenters. The van der Waals surface area contributed by atoms with Gasteiger partial charge in [0.15, 0.2) is 5.82 Å². The second-order valence-corrected chi connectivity index (χ2v) is 7.13. The number of ether oxygens (including phenoxy) is 1. The topological polar surface area (TPSA) is 81.7 Å². The predicted octanol–water partition coefficient (Wildman–Crippen LogP) is 3.11. The van der Waals surface area contributed by atoms with Gasteiger partial charge in [-0.1, -0.05) is 6.07 Å². The summed E-state index contributed by atoms with van der Waals surface area (Å²) in [5, 5.41) is 7.54. The van der Waals surface area contributed by atoms with Crippen LogP contribution in [0.5, 0.6) is 5.75 Å². The molecule has 0 unspecified atom stereocenters. The van der Waals surface area contributed by atoms with Crippen molar-refractivity contribution in [1.82, 2.24) is 24.7 Å². The first kappa shape index (κ1) is 19.3. The number of piperazine rings is 1. The van der Waals surface area contributed by atoms with E-state index in [9.17, 15) is 4.39 Å². The van der Waals surface area contributed by atoms with E-state index >= 15 is 0 Å². The molecular formula is C22H21FN7O. The summed E-state index contributed by atoms with van der Waals surface area (Å²) >= 11 is 0. The fourth-order valence-electron chi connectivity index (χ4n) is 3.68. The molecule has 9 heteroatoms. The van der Waals surface area contributed by atoms with Gasteiger partial charge in [-0.05, 0) is 24.3 Å². The number of pyridine rings is 1. The van der Waals surface area contributed by atoms with Crippen LogP contribution in [0.3, 0.4) is 0 Å². The number of anilines is 3. The standard InChI is InChI=1S/C22H21FN7O/c1-31-19-12-15(29-10-7-24-8-11-29)5-6-17(19)27-22-26-13-16(23)21(28-22)18-14-25-20-4-2-3-9-30(18)20/h2-6,9,12-14H,7-8,10-11H2,1H3,(H,26,27,28). The third-order valence-electron chi connectivity index (χ3n) is 5.26. The van der Waals surface area contributed by atoms with E-state index in [1.165, 1.54) is 0 Å². The van der Waals surface area contributed by atoms with Gasteiger partial charge in [-0.2, -0.15) is 0 Å². The third-order valence-corrected chi connectivity index (χ3v) is 5.26. The van der Waals surface area contributed by atoms with Crippen molar-refractivity contribution in [3.05, 3.63) is 60.8 Å². The Balaban J connectivity index is 1.46. The molecule has 0 aliphatic carbocycles. The summed E-state index contributed by atoms with van der Waals surface area (Å²) in [5.74, 6) is 0.406. The molecule has 1 aromatic carbocycles. The molecule has 1 fully saturated rings. The van der Waals surface area contributed by atoms with Crippen LogP contribution < -0.4 is 20.3 Å². The number of methoxy groups -OCH3 is 1. The van der Waals surface area contributed by atoms with Crippen molar-refractivity contribution in [2.75, 3.05) is 43.5 Å². The quantitative estimate of drug-likeness (QED) is 0.536. The first-order valence-corrected chi connectivity index (χ1v) is 10.0. The maximum Gasteiger partial charge on any atom is 0.228 e. The molecule has 1 aliphatic rings. The number of rotatable bonds is 5. The molecule has 1 saturated heterocycles. The summed E-state index contributed by atoms with van der Waals surface area (Å²) in [6, 6.07) is 11.5. The molecule has 1 aliphatic heterocycles. The van der Waals surface area contributed by atoms with Crippen molar-refractivity contribution >= 4 is 23.0 Å². The van der Waals surface area contributed by atoms with E-state index in [0.717, 1.165) is 38.1 Å². The molecule has 0 amide bonds. The summed E-state index contributed by atoms with van der Waals surface area (Å²) in [5.41, 5.74) is 3.21. The lowest BCUT2D eigenvalue weighted by Crippen LogP contribution is -2.40. The summed E-state index contributed by atoms with van der Waals surface area (Å²) in [6.45, 7) is 3.44. The first-order chi connectivity index (χ1) is 15.2. The number of imidazole rings is 1. The van der Waals surface area contributed by atoms with Gasteiger partial charge in [0, 0.05) is 44.1 Å². The normalized spacial score (nSPS) is 14.1. The van der Waals surface area contributed by atoms with Gasteiger partial charge < -0.3 is 15.0 Å². The number of nitrogens with zero attached hydrogens (tertiary/aromatic N) is 6. The molecule has 1 radical (unpaired) electrons. The Morgan fingerprint density at radius 3 is 2.77 bits per heavy atom. The predicted molar refractivity (Wildman–Crippen MR) is 117 cm³/mol. The Labute approximate surface area is 178 Å². The molecule has 5 rings (SSSR count). The molecule has 4 aromatic rings. The van der Waals surface area contributed by atoms with Crippen LogP contribution in [0.2, 0.25) is 0 Å². The minimum atomic E-state index is -0.519. The summed E-state index contributed by atoms with van der Waals surface area (Å²) in [7, 11) is 1.62. The molecule has 0 spiro atoms. The highest BCUT2D eigenvalue weighted by Gasteiger charge is 2.17. The average molecular weight is 418 g/mol. The number of halogens is 1. The van der Waals surface area contributed by atoms with E-state index in [1.54, 1.807) is 17.7 Å². The monoisotopic (exact) mass is 418 g/mol. The highest BCUT2D eigenvalue weighted by Crippen LogP contribution is 2.32.